The molecule has 0 unspecified atom stereocenters. The minimum absolute atomic E-state index is 0.323. The molecule has 6 heteroatoms. The maximum atomic E-state index is 11.5. The Morgan fingerprint density at radius 3 is 2.64 bits per heavy atom. The van der Waals surface area contributed by atoms with Crippen LogP contribution in [-0.4, -0.2) is 17.6 Å². The molecule has 1 heterocycles. The molecule has 0 saturated carbocycles. The molecular weight excluding hydrogens is 382 g/mol. The number of H-pyrrole nitrogens is 1. The zero-order valence-electron chi connectivity index (χ0n) is 7.36. The standard InChI is InChI=1S/C8H8Br3NO2/c1-2-14-8(13)5-4(3-9)12-7(11)6(5)10/h12H,2-3H2,1H3. The van der Waals surface area contributed by atoms with E-state index in [1.54, 1.807) is 6.92 Å². The number of hydrogen-bond donors (Lipinski definition) is 1. The minimum Gasteiger partial charge on any atom is -0.462 e. The molecule has 3 nitrogen and oxygen atoms in total. The van der Waals surface area contributed by atoms with E-state index >= 15 is 0 Å². The number of esters is 1. The summed E-state index contributed by atoms with van der Waals surface area (Å²) >= 11 is 9.90. The average Bonchev–Trinajstić information content (AvgIpc) is 2.43. The van der Waals surface area contributed by atoms with Crippen LogP contribution in [0.15, 0.2) is 9.08 Å². The molecule has 0 saturated heterocycles. The first-order valence-electron chi connectivity index (χ1n) is 3.90. The molecule has 0 fully saturated rings. The van der Waals surface area contributed by atoms with E-state index in [0.717, 1.165) is 10.3 Å². The van der Waals surface area contributed by atoms with Crippen molar-refractivity contribution >= 4 is 53.8 Å². The van der Waals surface area contributed by atoms with Gasteiger partial charge in [0, 0.05) is 11.0 Å². The lowest BCUT2D eigenvalue weighted by molar-refractivity contribution is 0.0524. The van der Waals surface area contributed by atoms with Crippen molar-refractivity contribution < 1.29 is 9.53 Å². The number of alkyl halides is 1. The normalized spacial score (nSPS) is 10.3. The van der Waals surface area contributed by atoms with E-state index in [2.05, 4.69) is 52.8 Å². The van der Waals surface area contributed by atoms with Gasteiger partial charge >= 0.3 is 5.97 Å². The SMILES string of the molecule is CCOC(=O)c1c(CBr)[nH]c(Br)c1Br. The topological polar surface area (TPSA) is 42.1 Å². The van der Waals surface area contributed by atoms with Crippen molar-refractivity contribution in [1.29, 1.82) is 0 Å². The largest absolute Gasteiger partial charge is 0.462 e. The minimum atomic E-state index is -0.323. The van der Waals surface area contributed by atoms with Crippen LogP contribution in [-0.2, 0) is 10.1 Å². The van der Waals surface area contributed by atoms with Gasteiger partial charge < -0.3 is 9.72 Å². The Labute approximate surface area is 107 Å². The molecule has 14 heavy (non-hydrogen) atoms. The van der Waals surface area contributed by atoms with Gasteiger partial charge in [-0.1, -0.05) is 15.9 Å². The third-order valence-corrected chi connectivity index (χ3v) is 4.07. The van der Waals surface area contributed by atoms with Gasteiger partial charge in [-0.15, -0.1) is 0 Å². The fourth-order valence-corrected chi connectivity index (χ4v) is 2.37. The van der Waals surface area contributed by atoms with Crippen LogP contribution in [0.2, 0.25) is 0 Å². The predicted molar refractivity (Wildman–Crippen MR) is 64.8 cm³/mol. The Morgan fingerprint density at radius 2 is 2.14 bits per heavy atom. The van der Waals surface area contributed by atoms with Crippen LogP contribution in [0.5, 0.6) is 0 Å². The highest BCUT2D eigenvalue weighted by Gasteiger charge is 2.20. The quantitative estimate of drug-likeness (QED) is 0.633. The molecule has 0 aliphatic rings. The Bertz CT molecular complexity index is 349. The van der Waals surface area contributed by atoms with Gasteiger partial charge in [-0.05, 0) is 38.8 Å². The van der Waals surface area contributed by atoms with Gasteiger partial charge in [-0.3, -0.25) is 0 Å². The molecule has 1 aromatic heterocycles. The number of nitrogens with one attached hydrogen (secondary N) is 1. The van der Waals surface area contributed by atoms with Crippen LogP contribution in [0.25, 0.3) is 0 Å². The van der Waals surface area contributed by atoms with Crippen LogP contribution in [0.4, 0.5) is 0 Å². The lowest BCUT2D eigenvalue weighted by Crippen LogP contribution is -2.06. The van der Waals surface area contributed by atoms with Crippen molar-refractivity contribution in [1.82, 2.24) is 4.98 Å². The Morgan fingerprint density at radius 1 is 1.50 bits per heavy atom. The summed E-state index contributed by atoms with van der Waals surface area (Å²) in [7, 11) is 0. The second kappa shape index (κ2) is 5.32. The monoisotopic (exact) mass is 387 g/mol. The highest BCUT2D eigenvalue weighted by Crippen LogP contribution is 2.31. The van der Waals surface area contributed by atoms with E-state index in [4.69, 9.17) is 4.74 Å². The van der Waals surface area contributed by atoms with E-state index in [-0.39, 0.29) is 5.97 Å². The first kappa shape index (κ1) is 12.3. The highest BCUT2D eigenvalue weighted by atomic mass is 79.9. The summed E-state index contributed by atoms with van der Waals surface area (Å²) < 4.78 is 6.38. The molecule has 0 radical (unpaired) electrons. The molecule has 0 atom stereocenters. The number of aromatic nitrogens is 1. The van der Waals surface area contributed by atoms with Crippen LogP contribution >= 0.6 is 47.8 Å². The molecule has 1 aromatic rings. The first-order chi connectivity index (χ1) is 6.61. The molecule has 0 aliphatic carbocycles. The Hall–Kier alpha value is 0.190. The lowest BCUT2D eigenvalue weighted by Gasteiger charge is -2.01. The first-order valence-corrected chi connectivity index (χ1v) is 6.61. The van der Waals surface area contributed by atoms with Crippen LogP contribution < -0.4 is 0 Å². The van der Waals surface area contributed by atoms with E-state index in [9.17, 15) is 4.79 Å². The second-order valence-electron chi connectivity index (χ2n) is 2.46. The van der Waals surface area contributed by atoms with Crippen molar-refractivity contribution in [2.24, 2.45) is 0 Å². The van der Waals surface area contributed by atoms with Crippen molar-refractivity contribution in [2.45, 2.75) is 12.3 Å². The fraction of sp³-hybridized carbons (Fsp3) is 0.375. The molecule has 78 valence electrons. The molecule has 0 aromatic carbocycles. The van der Waals surface area contributed by atoms with Gasteiger partial charge in [-0.25, -0.2) is 4.79 Å². The zero-order chi connectivity index (χ0) is 10.7. The molecule has 0 bridgehead atoms. The van der Waals surface area contributed by atoms with Crippen LogP contribution in [0.1, 0.15) is 23.0 Å². The fourth-order valence-electron chi connectivity index (χ4n) is 1.01. The van der Waals surface area contributed by atoms with Gasteiger partial charge in [0.1, 0.15) is 0 Å². The smallest absolute Gasteiger partial charge is 0.341 e. The molecular formula is C8H8Br3NO2. The zero-order valence-corrected chi connectivity index (χ0v) is 12.1. The summed E-state index contributed by atoms with van der Waals surface area (Å²) in [5.74, 6) is -0.323. The van der Waals surface area contributed by atoms with E-state index in [0.29, 0.717) is 22.0 Å². The predicted octanol–water partition coefficient (Wildman–Crippen LogP) is 3.61. The molecule has 0 aliphatic heterocycles. The van der Waals surface area contributed by atoms with Crippen LogP contribution in [0.3, 0.4) is 0 Å². The Kier molecular flexibility index (Phi) is 4.66. The van der Waals surface area contributed by atoms with Gasteiger partial charge in [0.15, 0.2) is 0 Å². The summed E-state index contributed by atoms with van der Waals surface area (Å²) in [6, 6.07) is 0. The van der Waals surface area contributed by atoms with E-state index < -0.39 is 0 Å². The number of carbonyl (C=O) groups excluding carboxylic acids is 1. The maximum absolute atomic E-state index is 11.5. The van der Waals surface area contributed by atoms with Crippen molar-refractivity contribution in [3.63, 3.8) is 0 Å². The number of ether oxygens (including phenoxy) is 1. The number of carbonyl (C=O) groups is 1. The molecule has 1 rings (SSSR count). The summed E-state index contributed by atoms with van der Waals surface area (Å²) in [6.45, 7) is 2.15. The summed E-state index contributed by atoms with van der Waals surface area (Å²) in [4.78, 5) is 14.6. The van der Waals surface area contributed by atoms with Crippen molar-refractivity contribution in [3.05, 3.63) is 20.3 Å². The number of hydrogen-bond acceptors (Lipinski definition) is 2. The molecule has 0 spiro atoms. The number of halogens is 3. The molecule has 1 N–H and O–H groups in total. The van der Waals surface area contributed by atoms with Crippen molar-refractivity contribution in [3.8, 4) is 0 Å². The summed E-state index contributed by atoms with van der Waals surface area (Å²) in [5.41, 5.74) is 1.33. The highest BCUT2D eigenvalue weighted by molar-refractivity contribution is 9.13. The summed E-state index contributed by atoms with van der Waals surface area (Å²) in [6.07, 6.45) is 0. The van der Waals surface area contributed by atoms with Gasteiger partial charge in [-0.2, -0.15) is 0 Å². The lowest BCUT2D eigenvalue weighted by atomic mass is 10.2. The third-order valence-electron chi connectivity index (χ3n) is 1.59. The van der Waals surface area contributed by atoms with E-state index in [1.165, 1.54) is 0 Å². The average molecular weight is 390 g/mol. The van der Waals surface area contributed by atoms with Gasteiger partial charge in [0.25, 0.3) is 0 Å². The van der Waals surface area contributed by atoms with Gasteiger partial charge in [0.2, 0.25) is 0 Å². The number of aromatic amines is 1. The molecule has 0 amide bonds. The second-order valence-corrected chi connectivity index (χ2v) is 4.61. The van der Waals surface area contributed by atoms with Crippen molar-refractivity contribution in [2.75, 3.05) is 6.61 Å². The van der Waals surface area contributed by atoms with Gasteiger partial charge in [0.05, 0.1) is 21.2 Å². The van der Waals surface area contributed by atoms with Crippen LogP contribution in [0, 0.1) is 0 Å². The number of rotatable bonds is 3. The van der Waals surface area contributed by atoms with E-state index in [1.807, 2.05) is 0 Å². The maximum Gasteiger partial charge on any atom is 0.341 e. The third kappa shape index (κ3) is 2.41. The Balaban J connectivity index is 3.10. The summed E-state index contributed by atoms with van der Waals surface area (Å²) in [5, 5.41) is 0.575.